The molecule has 0 aliphatic carbocycles. The maximum Gasteiger partial charge on any atom is 1.00 e. The van der Waals surface area contributed by atoms with Crippen LogP contribution in [0.4, 0.5) is 0 Å². The maximum atomic E-state index is 10.2. The summed E-state index contributed by atoms with van der Waals surface area (Å²) in [6, 6.07) is 6.44. The number of ether oxygens (including phenoxy) is 12. The summed E-state index contributed by atoms with van der Waals surface area (Å²) < 4.78 is 101. The van der Waals surface area contributed by atoms with Crippen LogP contribution in [0.2, 0.25) is 0 Å². The Kier molecular flexibility index (Phi) is 44.1. The minimum atomic E-state index is -4.68. The molecule has 58 heavy (non-hydrogen) atoms. The van der Waals surface area contributed by atoms with Gasteiger partial charge in [-0.1, -0.05) is 63.1 Å². The van der Waals surface area contributed by atoms with Gasteiger partial charge in [0.05, 0.1) is 152 Å². The summed E-state index contributed by atoms with van der Waals surface area (Å²) in [7, 11) is -4.68. The van der Waals surface area contributed by atoms with E-state index in [9.17, 15) is 13.0 Å². The second kappa shape index (κ2) is 44.5. The summed E-state index contributed by atoms with van der Waals surface area (Å²) >= 11 is 0. The van der Waals surface area contributed by atoms with Gasteiger partial charge < -0.3 is 61.4 Å². The predicted octanol–water partition coefficient (Wildman–Crippen LogP) is 1.33. The van der Waals surface area contributed by atoms with Crippen LogP contribution < -0.4 is 34.3 Å². The molecule has 0 fully saturated rings. The number of hydrogen-bond donors (Lipinski definition) is 0. The van der Waals surface area contributed by atoms with Gasteiger partial charge in [0.2, 0.25) is 10.4 Å². The van der Waals surface area contributed by atoms with E-state index < -0.39 is 10.4 Å². The second-order valence-electron chi connectivity index (χ2n) is 12.8. The summed E-state index contributed by atoms with van der Waals surface area (Å²) in [4.78, 5) is 0. The van der Waals surface area contributed by atoms with Crippen molar-refractivity contribution in [2.75, 3.05) is 159 Å². The zero-order valence-electron chi connectivity index (χ0n) is 35.8. The Bertz CT molecular complexity index is 1100. The number of aryl methyl sites for hydroxylation is 2. The van der Waals surface area contributed by atoms with Crippen LogP contribution in [0, 0.1) is 6.92 Å². The number of hydrogen-bond acceptors (Lipinski definition) is 16. The Hall–Kier alpha value is -0.550. The fourth-order valence-electron chi connectivity index (χ4n) is 5.02. The van der Waals surface area contributed by atoms with Crippen molar-refractivity contribution in [3.8, 4) is 5.75 Å². The molecule has 0 aliphatic heterocycles. The van der Waals surface area contributed by atoms with Crippen LogP contribution in [0.5, 0.6) is 5.75 Å². The van der Waals surface area contributed by atoms with E-state index in [0.29, 0.717) is 139 Å². The van der Waals surface area contributed by atoms with Crippen molar-refractivity contribution in [3.63, 3.8) is 0 Å². The number of unbranched alkanes of at least 4 members (excludes halogenated alkanes) is 6. The van der Waals surface area contributed by atoms with Gasteiger partial charge in [0.15, 0.2) is 0 Å². The molecule has 1 aromatic rings. The Balaban J connectivity index is 0.0000325. The second-order valence-corrected chi connectivity index (χ2v) is 13.8. The van der Waals surface area contributed by atoms with Crippen LogP contribution >= 0.6 is 0 Å². The summed E-state index contributed by atoms with van der Waals surface area (Å²) in [5.74, 6) is 0.973. The zero-order valence-corrected chi connectivity index (χ0v) is 38.6. The Morgan fingerprint density at radius 3 is 1.10 bits per heavy atom. The topological polar surface area (TPSA) is 177 Å². The number of benzene rings is 1. The Morgan fingerprint density at radius 2 is 0.759 bits per heavy atom. The maximum absolute atomic E-state index is 10.2. The molecule has 0 bridgehead atoms. The van der Waals surface area contributed by atoms with Gasteiger partial charge in [0, 0.05) is 0 Å². The molecule has 0 radical (unpaired) electrons. The van der Waals surface area contributed by atoms with E-state index in [4.69, 9.17) is 56.8 Å². The SMILES string of the molecule is CCCCCCCCCc1cc(C)ccc1OCCOCCOCCOCCOCCOCCOCCOCCOCCOCCOCCOCCOS(=O)(=O)[O-].[Na+]. The standard InChI is InChI=1S/C40H74O16S.Na/c1-3-4-5-6-7-8-9-10-39-37-38(2)11-12-40(39)55-35-33-53-31-29-51-27-25-49-23-21-47-19-17-45-15-13-44-14-16-46-18-20-48-22-24-50-26-28-52-30-32-54-34-36-56-57(41,42)43;/h11-12,37H,3-10,13-36H2,1-2H3,(H,41,42,43);/q;+1/p-1. The van der Waals surface area contributed by atoms with E-state index in [-0.39, 0.29) is 49.4 Å². The van der Waals surface area contributed by atoms with Crippen LogP contribution in [0.3, 0.4) is 0 Å². The molecule has 0 spiro atoms. The van der Waals surface area contributed by atoms with Gasteiger partial charge in [-0.25, -0.2) is 8.42 Å². The average molecular weight is 865 g/mol. The third-order valence-corrected chi connectivity index (χ3v) is 8.38. The first-order valence-corrected chi connectivity index (χ1v) is 21.9. The summed E-state index contributed by atoms with van der Waals surface area (Å²) in [5, 5.41) is 0. The molecule has 0 N–H and O–H groups in total. The molecule has 0 aliphatic rings. The van der Waals surface area contributed by atoms with E-state index in [2.05, 4.69) is 36.2 Å². The van der Waals surface area contributed by atoms with Crippen LogP contribution in [-0.2, 0) is 73.1 Å². The monoisotopic (exact) mass is 864 g/mol. The Morgan fingerprint density at radius 1 is 0.448 bits per heavy atom. The van der Waals surface area contributed by atoms with Gasteiger partial charge in [0.25, 0.3) is 0 Å². The number of rotatable bonds is 46. The van der Waals surface area contributed by atoms with Crippen LogP contribution in [-0.4, -0.2) is 172 Å². The zero-order chi connectivity index (χ0) is 41.2. The molecule has 1 aromatic carbocycles. The predicted molar refractivity (Wildman–Crippen MR) is 213 cm³/mol. The van der Waals surface area contributed by atoms with Crippen molar-refractivity contribution in [1.82, 2.24) is 0 Å². The molecule has 0 saturated heterocycles. The Labute approximate surface area is 371 Å². The van der Waals surface area contributed by atoms with Gasteiger partial charge in [-0.05, 0) is 31.4 Å². The molecule has 0 unspecified atom stereocenters. The molecule has 0 amide bonds. The third-order valence-electron chi connectivity index (χ3n) is 7.93. The largest absolute Gasteiger partial charge is 1.00 e. The van der Waals surface area contributed by atoms with E-state index in [1.165, 1.54) is 56.1 Å². The summed E-state index contributed by atoms with van der Waals surface area (Å²) in [6.07, 6.45) is 10.2. The van der Waals surface area contributed by atoms with Crippen LogP contribution in [0.25, 0.3) is 0 Å². The summed E-state index contributed by atoms with van der Waals surface area (Å²) in [6.45, 7) is 14.2. The first-order chi connectivity index (χ1) is 27.9. The molecule has 336 valence electrons. The van der Waals surface area contributed by atoms with Crippen LogP contribution in [0.15, 0.2) is 18.2 Å². The quantitative estimate of drug-likeness (QED) is 0.0397. The molecule has 16 nitrogen and oxygen atoms in total. The van der Waals surface area contributed by atoms with Gasteiger partial charge in [-0.15, -0.1) is 0 Å². The van der Waals surface area contributed by atoms with Crippen molar-refractivity contribution >= 4 is 10.4 Å². The fraction of sp³-hybridized carbons (Fsp3) is 0.850. The van der Waals surface area contributed by atoms with E-state index >= 15 is 0 Å². The first kappa shape index (κ1) is 57.4. The van der Waals surface area contributed by atoms with Crippen molar-refractivity contribution in [2.24, 2.45) is 0 Å². The van der Waals surface area contributed by atoms with Crippen molar-refractivity contribution in [3.05, 3.63) is 29.3 Å². The molecule has 1 rings (SSSR count). The normalized spacial score (nSPS) is 11.6. The molecular weight excluding hydrogens is 791 g/mol. The first-order valence-electron chi connectivity index (χ1n) is 20.6. The minimum absolute atomic E-state index is 0. The molecular formula is C40H73NaO16S. The molecule has 0 heterocycles. The van der Waals surface area contributed by atoms with Gasteiger partial charge in [-0.3, -0.25) is 4.18 Å². The van der Waals surface area contributed by atoms with Crippen molar-refractivity contribution in [1.29, 1.82) is 0 Å². The molecule has 0 saturated carbocycles. The van der Waals surface area contributed by atoms with Gasteiger partial charge in [-0.2, -0.15) is 0 Å². The molecule has 0 aromatic heterocycles. The van der Waals surface area contributed by atoms with E-state index in [1.807, 2.05) is 0 Å². The van der Waals surface area contributed by atoms with E-state index in [1.54, 1.807) is 0 Å². The fourth-order valence-corrected chi connectivity index (χ4v) is 5.30. The van der Waals surface area contributed by atoms with Crippen LogP contribution in [0.1, 0.15) is 63.0 Å². The average Bonchev–Trinajstić information content (AvgIpc) is 3.19. The molecule has 0 atom stereocenters. The van der Waals surface area contributed by atoms with Gasteiger partial charge in [0.1, 0.15) is 12.4 Å². The summed E-state index contributed by atoms with van der Waals surface area (Å²) in [5.41, 5.74) is 2.56. The molecule has 18 heteroatoms. The van der Waals surface area contributed by atoms with E-state index in [0.717, 1.165) is 12.2 Å². The minimum Gasteiger partial charge on any atom is -0.726 e. The third kappa shape index (κ3) is 42.2. The smallest absolute Gasteiger partial charge is 0.726 e. The van der Waals surface area contributed by atoms with Gasteiger partial charge >= 0.3 is 29.6 Å². The van der Waals surface area contributed by atoms with Crippen molar-refractivity contribution in [2.45, 2.75) is 65.2 Å². The van der Waals surface area contributed by atoms with Crippen molar-refractivity contribution < 1.29 is 104 Å².